The minimum atomic E-state index is 0.632. The van der Waals surface area contributed by atoms with Crippen LogP contribution in [0, 0.1) is 32.1 Å². The Hall–Kier alpha value is -1.75. The highest BCUT2D eigenvalue weighted by Crippen LogP contribution is 2.24. The van der Waals surface area contributed by atoms with E-state index in [9.17, 15) is 0 Å². The minimum absolute atomic E-state index is 0.632. The first-order valence-electron chi connectivity index (χ1n) is 4.82. The summed E-state index contributed by atoms with van der Waals surface area (Å²) in [6.45, 7) is 6.11. The lowest BCUT2D eigenvalue weighted by atomic mass is 9.98. The first-order chi connectivity index (χ1) is 7.10. The van der Waals surface area contributed by atoms with Crippen LogP contribution in [0.15, 0.2) is 18.2 Å². The van der Waals surface area contributed by atoms with Crippen LogP contribution >= 0.6 is 0 Å². The Morgan fingerprint density at radius 3 is 2.20 bits per heavy atom. The van der Waals surface area contributed by atoms with Crippen molar-refractivity contribution in [1.29, 1.82) is 5.26 Å². The fourth-order valence-electron chi connectivity index (χ4n) is 1.86. The highest BCUT2D eigenvalue weighted by molar-refractivity contribution is 5.68. The fourth-order valence-corrected chi connectivity index (χ4v) is 1.86. The molecule has 0 aliphatic heterocycles. The van der Waals surface area contributed by atoms with E-state index >= 15 is 0 Å². The second-order valence-electron chi connectivity index (χ2n) is 3.62. The topological polar surface area (TPSA) is 33.0 Å². The number of hydrogen-bond acceptors (Lipinski definition) is 2. The van der Waals surface area contributed by atoms with Gasteiger partial charge in [0.15, 0.2) is 0 Å². The van der Waals surface area contributed by atoms with E-state index < -0.39 is 0 Å². The molecule has 0 bridgehead atoms. The first kappa shape index (κ1) is 11.3. The third-order valence-electron chi connectivity index (χ3n) is 2.34. The van der Waals surface area contributed by atoms with Crippen LogP contribution in [0.3, 0.4) is 0 Å². The van der Waals surface area contributed by atoms with Crippen LogP contribution in [0.1, 0.15) is 22.3 Å². The number of benzene rings is 1. The van der Waals surface area contributed by atoms with Gasteiger partial charge in [-0.25, -0.2) is 0 Å². The summed E-state index contributed by atoms with van der Waals surface area (Å²) in [5, 5.41) is 8.66. The molecule has 0 atom stereocenters. The standard InChI is InChI=1S/C13H15NO/c1-9-7-10(2)13(11(3)8-9)12(15-4)5-6-14/h5,7-8H,1-4H3/b12-5-. The third kappa shape index (κ3) is 2.38. The van der Waals surface area contributed by atoms with E-state index in [0.717, 1.165) is 16.7 Å². The van der Waals surface area contributed by atoms with Crippen molar-refractivity contribution in [3.05, 3.63) is 40.5 Å². The Bertz CT molecular complexity index is 415. The van der Waals surface area contributed by atoms with E-state index in [4.69, 9.17) is 10.00 Å². The average molecular weight is 201 g/mol. The molecule has 78 valence electrons. The summed E-state index contributed by atoms with van der Waals surface area (Å²) in [5.41, 5.74) is 4.51. The van der Waals surface area contributed by atoms with Gasteiger partial charge in [-0.1, -0.05) is 17.7 Å². The lowest BCUT2D eigenvalue weighted by Gasteiger charge is -2.12. The van der Waals surface area contributed by atoms with Crippen molar-refractivity contribution >= 4 is 5.76 Å². The quantitative estimate of drug-likeness (QED) is 0.544. The Morgan fingerprint density at radius 2 is 1.80 bits per heavy atom. The van der Waals surface area contributed by atoms with E-state index in [-0.39, 0.29) is 0 Å². The van der Waals surface area contributed by atoms with E-state index in [1.165, 1.54) is 11.6 Å². The van der Waals surface area contributed by atoms with Gasteiger partial charge in [-0.3, -0.25) is 0 Å². The number of rotatable bonds is 2. The number of nitriles is 1. The maximum Gasteiger partial charge on any atom is 0.137 e. The van der Waals surface area contributed by atoms with E-state index in [2.05, 4.69) is 19.1 Å². The number of ether oxygens (including phenoxy) is 1. The molecule has 2 heteroatoms. The molecule has 0 heterocycles. The van der Waals surface area contributed by atoms with Crippen molar-refractivity contribution < 1.29 is 4.74 Å². The zero-order valence-electron chi connectivity index (χ0n) is 9.59. The van der Waals surface area contributed by atoms with E-state index in [0.29, 0.717) is 5.76 Å². The predicted molar refractivity (Wildman–Crippen MR) is 61.3 cm³/mol. The van der Waals surface area contributed by atoms with Gasteiger partial charge < -0.3 is 4.74 Å². The zero-order valence-corrected chi connectivity index (χ0v) is 9.59. The van der Waals surface area contributed by atoms with Crippen molar-refractivity contribution in [3.63, 3.8) is 0 Å². The molecule has 1 aromatic rings. The van der Waals surface area contributed by atoms with Crippen LogP contribution < -0.4 is 0 Å². The van der Waals surface area contributed by atoms with E-state index in [1.807, 2.05) is 19.9 Å². The monoisotopic (exact) mass is 201 g/mol. The van der Waals surface area contributed by atoms with Gasteiger partial charge in [0.05, 0.1) is 19.3 Å². The smallest absolute Gasteiger partial charge is 0.137 e. The number of methoxy groups -OCH3 is 1. The molecular formula is C13H15NO. The average Bonchev–Trinajstić information content (AvgIpc) is 2.14. The molecule has 2 nitrogen and oxygen atoms in total. The molecule has 0 spiro atoms. The van der Waals surface area contributed by atoms with Crippen molar-refractivity contribution in [3.8, 4) is 6.07 Å². The van der Waals surface area contributed by atoms with Gasteiger partial charge in [0.2, 0.25) is 0 Å². The summed E-state index contributed by atoms with van der Waals surface area (Å²) < 4.78 is 5.22. The lowest BCUT2D eigenvalue weighted by molar-refractivity contribution is 0.369. The molecule has 0 aromatic heterocycles. The Kier molecular flexibility index (Phi) is 3.51. The van der Waals surface area contributed by atoms with Crippen molar-refractivity contribution in [1.82, 2.24) is 0 Å². The van der Waals surface area contributed by atoms with Crippen LogP contribution in [0.4, 0.5) is 0 Å². The highest BCUT2D eigenvalue weighted by Gasteiger charge is 2.09. The van der Waals surface area contributed by atoms with Gasteiger partial charge >= 0.3 is 0 Å². The lowest BCUT2D eigenvalue weighted by Crippen LogP contribution is -1.96. The van der Waals surface area contributed by atoms with Crippen LogP contribution in [-0.2, 0) is 4.74 Å². The molecule has 0 radical (unpaired) electrons. The molecule has 1 aromatic carbocycles. The fraction of sp³-hybridized carbons (Fsp3) is 0.308. The Balaban J connectivity index is 3.37. The molecule has 0 fully saturated rings. The normalized spacial score (nSPS) is 11.0. The number of aryl methyl sites for hydroxylation is 3. The van der Waals surface area contributed by atoms with E-state index in [1.54, 1.807) is 7.11 Å². The molecule has 0 amide bonds. The summed E-state index contributed by atoms with van der Waals surface area (Å²) in [6, 6.07) is 6.18. The summed E-state index contributed by atoms with van der Waals surface area (Å²) >= 11 is 0. The molecule has 0 aliphatic rings. The first-order valence-corrected chi connectivity index (χ1v) is 4.82. The molecule has 15 heavy (non-hydrogen) atoms. The van der Waals surface area contributed by atoms with Crippen molar-refractivity contribution in [2.75, 3.05) is 7.11 Å². The second-order valence-corrected chi connectivity index (χ2v) is 3.62. The van der Waals surface area contributed by atoms with Gasteiger partial charge in [-0.15, -0.1) is 0 Å². The van der Waals surface area contributed by atoms with Crippen LogP contribution in [0.25, 0.3) is 5.76 Å². The SMILES string of the molecule is CO/C(=C\C#N)c1c(C)cc(C)cc1C. The van der Waals surface area contributed by atoms with Crippen molar-refractivity contribution in [2.45, 2.75) is 20.8 Å². The van der Waals surface area contributed by atoms with Crippen LogP contribution in [-0.4, -0.2) is 7.11 Å². The molecular weight excluding hydrogens is 186 g/mol. The maximum absolute atomic E-state index is 8.66. The molecule has 1 rings (SSSR count). The molecule has 0 saturated heterocycles. The molecule has 0 unspecified atom stereocenters. The zero-order chi connectivity index (χ0) is 11.4. The largest absolute Gasteiger partial charge is 0.495 e. The van der Waals surface area contributed by atoms with Gasteiger partial charge in [0.25, 0.3) is 0 Å². The second kappa shape index (κ2) is 4.65. The predicted octanol–water partition coefficient (Wildman–Crippen LogP) is 3.12. The molecule has 0 N–H and O–H groups in total. The molecule has 0 saturated carbocycles. The number of hydrogen-bond donors (Lipinski definition) is 0. The van der Waals surface area contributed by atoms with Gasteiger partial charge in [-0.2, -0.15) is 5.26 Å². The summed E-state index contributed by atoms with van der Waals surface area (Å²) in [6.07, 6.45) is 1.44. The molecule has 0 aliphatic carbocycles. The highest BCUT2D eigenvalue weighted by atomic mass is 16.5. The summed E-state index contributed by atoms with van der Waals surface area (Å²) in [5.74, 6) is 0.632. The third-order valence-corrected chi connectivity index (χ3v) is 2.34. The van der Waals surface area contributed by atoms with Gasteiger partial charge in [-0.05, 0) is 31.9 Å². The Labute approximate surface area is 90.8 Å². The van der Waals surface area contributed by atoms with Crippen molar-refractivity contribution in [2.24, 2.45) is 0 Å². The Morgan fingerprint density at radius 1 is 1.27 bits per heavy atom. The maximum atomic E-state index is 8.66. The number of allylic oxidation sites excluding steroid dienone is 1. The summed E-state index contributed by atoms with van der Waals surface area (Å²) in [4.78, 5) is 0. The number of nitrogens with zero attached hydrogens (tertiary/aromatic N) is 1. The van der Waals surface area contributed by atoms with Gasteiger partial charge in [0, 0.05) is 5.56 Å². The van der Waals surface area contributed by atoms with Crippen LogP contribution in [0.5, 0.6) is 0 Å². The minimum Gasteiger partial charge on any atom is -0.495 e. The van der Waals surface area contributed by atoms with Gasteiger partial charge in [0.1, 0.15) is 5.76 Å². The summed E-state index contributed by atoms with van der Waals surface area (Å²) in [7, 11) is 1.59. The van der Waals surface area contributed by atoms with Crippen LogP contribution in [0.2, 0.25) is 0 Å².